The summed E-state index contributed by atoms with van der Waals surface area (Å²) >= 11 is 0. The van der Waals surface area contributed by atoms with E-state index in [1.807, 2.05) is 13.8 Å². The van der Waals surface area contributed by atoms with Crippen LogP contribution in [-0.2, 0) is 22.5 Å². The van der Waals surface area contributed by atoms with Gasteiger partial charge in [-0.25, -0.2) is 9.48 Å². The van der Waals surface area contributed by atoms with E-state index in [1.165, 1.54) is 0 Å². The Morgan fingerprint density at radius 2 is 2.16 bits per heavy atom. The standard InChI is InChI=1S/C19H26F3N7O3/c1-3-11(2)23-18(31)32-14-5-4-12(6-14)15-8-16(27-26-15)24-17(30)7-13-9-29(28-25-13)10-19(20,21)22/h8-9,11-12,14H,3-7,10H2,1-2H3,(H,23,31)(H2,24,26,27,30)/t11-,12-,14+/m0/s1. The quantitative estimate of drug-likeness (QED) is 0.560. The number of halogens is 3. The van der Waals surface area contributed by atoms with Crippen molar-refractivity contribution >= 4 is 17.8 Å². The molecule has 176 valence electrons. The molecule has 1 aliphatic rings. The Bertz CT molecular complexity index is 927. The van der Waals surface area contributed by atoms with Crippen LogP contribution in [0.4, 0.5) is 23.8 Å². The lowest BCUT2D eigenvalue weighted by atomic mass is 10.0. The Labute approximate surface area is 182 Å². The molecule has 0 saturated heterocycles. The summed E-state index contributed by atoms with van der Waals surface area (Å²) in [6, 6.07) is 1.75. The summed E-state index contributed by atoms with van der Waals surface area (Å²) in [7, 11) is 0. The summed E-state index contributed by atoms with van der Waals surface area (Å²) in [6.07, 6.45) is -1.18. The minimum Gasteiger partial charge on any atom is -0.446 e. The molecular weight excluding hydrogens is 431 g/mol. The SMILES string of the molecule is CC[C@H](C)NC(=O)O[C@@H]1CC[C@H](c2cc(NC(=O)Cc3cn(CC(F)(F)F)nn3)n[nH]2)C1. The number of carbonyl (C=O) groups is 2. The number of rotatable bonds is 8. The molecule has 1 saturated carbocycles. The van der Waals surface area contributed by atoms with Gasteiger partial charge in [-0.3, -0.25) is 9.89 Å². The van der Waals surface area contributed by atoms with Gasteiger partial charge in [-0.15, -0.1) is 5.10 Å². The number of aromatic amines is 1. The van der Waals surface area contributed by atoms with Crippen LogP contribution >= 0.6 is 0 Å². The number of hydrogen-bond acceptors (Lipinski definition) is 6. The minimum atomic E-state index is -4.42. The van der Waals surface area contributed by atoms with Crippen molar-refractivity contribution in [3.05, 3.63) is 23.7 Å². The number of alkyl halides is 3. The molecule has 3 rings (SSSR count). The largest absolute Gasteiger partial charge is 0.446 e. The molecule has 3 N–H and O–H groups in total. The number of anilines is 1. The van der Waals surface area contributed by atoms with Crippen molar-refractivity contribution in [2.24, 2.45) is 0 Å². The highest BCUT2D eigenvalue weighted by Crippen LogP contribution is 2.35. The molecule has 0 aliphatic heterocycles. The highest BCUT2D eigenvalue weighted by Gasteiger charge is 2.30. The maximum absolute atomic E-state index is 12.4. The zero-order valence-electron chi connectivity index (χ0n) is 17.8. The van der Waals surface area contributed by atoms with Gasteiger partial charge in [0, 0.05) is 29.9 Å². The molecule has 0 radical (unpaired) electrons. The van der Waals surface area contributed by atoms with Gasteiger partial charge in [-0.05, 0) is 32.6 Å². The fraction of sp³-hybridized carbons (Fsp3) is 0.632. The van der Waals surface area contributed by atoms with Gasteiger partial charge in [0.15, 0.2) is 5.82 Å². The van der Waals surface area contributed by atoms with E-state index in [4.69, 9.17) is 4.74 Å². The number of nitrogens with one attached hydrogen (secondary N) is 3. The summed E-state index contributed by atoms with van der Waals surface area (Å²) in [5.41, 5.74) is 0.929. The first-order valence-corrected chi connectivity index (χ1v) is 10.4. The van der Waals surface area contributed by atoms with E-state index >= 15 is 0 Å². The first-order valence-electron chi connectivity index (χ1n) is 10.4. The Morgan fingerprint density at radius 1 is 1.38 bits per heavy atom. The normalized spacial score (nSPS) is 19.5. The average Bonchev–Trinajstić information content (AvgIpc) is 3.42. The highest BCUT2D eigenvalue weighted by atomic mass is 19.4. The molecule has 1 fully saturated rings. The van der Waals surface area contributed by atoms with Gasteiger partial charge in [0.1, 0.15) is 12.6 Å². The molecule has 2 aromatic heterocycles. The second-order valence-corrected chi connectivity index (χ2v) is 7.95. The summed E-state index contributed by atoms with van der Waals surface area (Å²) in [6.45, 7) is 2.61. The lowest BCUT2D eigenvalue weighted by Crippen LogP contribution is -2.34. The van der Waals surface area contributed by atoms with Crippen LogP contribution in [0.3, 0.4) is 0 Å². The number of aromatic nitrogens is 5. The van der Waals surface area contributed by atoms with Crippen LogP contribution in [0, 0.1) is 0 Å². The van der Waals surface area contributed by atoms with Gasteiger partial charge in [0.05, 0.1) is 12.1 Å². The van der Waals surface area contributed by atoms with Crippen molar-refractivity contribution in [2.45, 2.75) is 76.7 Å². The molecular formula is C19H26F3N7O3. The topological polar surface area (TPSA) is 127 Å². The monoisotopic (exact) mass is 457 g/mol. The third kappa shape index (κ3) is 6.95. The van der Waals surface area contributed by atoms with E-state index in [-0.39, 0.29) is 30.2 Å². The summed E-state index contributed by atoms with van der Waals surface area (Å²) in [5.74, 6) is -0.0696. The maximum Gasteiger partial charge on any atom is 0.408 e. The second-order valence-electron chi connectivity index (χ2n) is 7.95. The Morgan fingerprint density at radius 3 is 2.88 bits per heavy atom. The van der Waals surface area contributed by atoms with Gasteiger partial charge >= 0.3 is 12.3 Å². The molecule has 2 aromatic rings. The zero-order chi connectivity index (χ0) is 23.3. The molecule has 32 heavy (non-hydrogen) atoms. The van der Waals surface area contributed by atoms with E-state index in [9.17, 15) is 22.8 Å². The number of alkyl carbamates (subject to hydrolysis) is 1. The molecule has 0 unspecified atom stereocenters. The second kappa shape index (κ2) is 10.0. The van der Waals surface area contributed by atoms with Crippen LogP contribution < -0.4 is 10.6 Å². The predicted octanol–water partition coefficient (Wildman–Crippen LogP) is 2.91. The first kappa shape index (κ1) is 23.5. The average molecular weight is 457 g/mol. The number of nitrogens with zero attached hydrogens (tertiary/aromatic N) is 4. The molecule has 0 spiro atoms. The maximum atomic E-state index is 12.4. The fourth-order valence-corrected chi connectivity index (χ4v) is 3.46. The lowest BCUT2D eigenvalue weighted by Gasteiger charge is -2.16. The van der Waals surface area contributed by atoms with E-state index < -0.39 is 24.7 Å². The number of amides is 2. The van der Waals surface area contributed by atoms with E-state index in [2.05, 4.69) is 31.1 Å². The van der Waals surface area contributed by atoms with Crippen LogP contribution in [0.15, 0.2) is 12.3 Å². The van der Waals surface area contributed by atoms with Crippen molar-refractivity contribution in [3.8, 4) is 0 Å². The summed E-state index contributed by atoms with van der Waals surface area (Å²) in [5, 5.41) is 19.3. The summed E-state index contributed by atoms with van der Waals surface area (Å²) < 4.78 is 43.2. The molecule has 1 aliphatic carbocycles. The molecule has 2 heterocycles. The van der Waals surface area contributed by atoms with Gasteiger partial charge in [0.25, 0.3) is 0 Å². The number of carbonyl (C=O) groups excluding carboxylic acids is 2. The third-order valence-electron chi connectivity index (χ3n) is 5.21. The van der Waals surface area contributed by atoms with Crippen LogP contribution in [0.2, 0.25) is 0 Å². The number of hydrogen-bond donors (Lipinski definition) is 3. The van der Waals surface area contributed by atoms with Crippen LogP contribution in [0.1, 0.15) is 56.8 Å². The Balaban J connectivity index is 1.46. The molecule has 13 heteroatoms. The van der Waals surface area contributed by atoms with E-state index in [0.717, 1.165) is 31.2 Å². The fourth-order valence-electron chi connectivity index (χ4n) is 3.46. The first-order chi connectivity index (χ1) is 15.1. The molecule has 3 atom stereocenters. The highest BCUT2D eigenvalue weighted by molar-refractivity contribution is 5.91. The van der Waals surface area contributed by atoms with Crippen LogP contribution in [-0.4, -0.2) is 55.5 Å². The molecule has 10 nitrogen and oxygen atoms in total. The Kier molecular flexibility index (Phi) is 7.36. The van der Waals surface area contributed by atoms with Gasteiger partial charge in [-0.2, -0.15) is 18.3 Å². The van der Waals surface area contributed by atoms with Gasteiger partial charge in [0.2, 0.25) is 5.91 Å². The van der Waals surface area contributed by atoms with Crippen LogP contribution in [0.25, 0.3) is 0 Å². The number of ether oxygens (including phenoxy) is 1. The summed E-state index contributed by atoms with van der Waals surface area (Å²) in [4.78, 5) is 24.1. The third-order valence-corrected chi connectivity index (χ3v) is 5.21. The number of H-pyrrole nitrogens is 1. The zero-order valence-corrected chi connectivity index (χ0v) is 17.8. The van der Waals surface area contributed by atoms with Gasteiger partial charge < -0.3 is 15.4 Å². The molecule has 0 bridgehead atoms. The van der Waals surface area contributed by atoms with Crippen LogP contribution in [0.5, 0.6) is 0 Å². The van der Waals surface area contributed by atoms with E-state index in [0.29, 0.717) is 16.9 Å². The van der Waals surface area contributed by atoms with Crippen molar-refractivity contribution < 1.29 is 27.5 Å². The van der Waals surface area contributed by atoms with E-state index in [1.54, 1.807) is 6.07 Å². The molecule has 2 amide bonds. The smallest absolute Gasteiger partial charge is 0.408 e. The van der Waals surface area contributed by atoms with Crippen molar-refractivity contribution in [1.82, 2.24) is 30.5 Å². The van der Waals surface area contributed by atoms with Crippen molar-refractivity contribution in [1.29, 1.82) is 0 Å². The molecule has 0 aromatic carbocycles. The van der Waals surface area contributed by atoms with Gasteiger partial charge in [-0.1, -0.05) is 12.1 Å². The Hall–Kier alpha value is -3.12. The predicted molar refractivity (Wildman–Crippen MR) is 107 cm³/mol. The lowest BCUT2D eigenvalue weighted by molar-refractivity contribution is -0.142. The van der Waals surface area contributed by atoms with Crippen molar-refractivity contribution in [3.63, 3.8) is 0 Å². The van der Waals surface area contributed by atoms with Crippen molar-refractivity contribution in [2.75, 3.05) is 5.32 Å². The minimum absolute atomic E-state index is 0.0488.